The van der Waals surface area contributed by atoms with Gasteiger partial charge in [0.15, 0.2) is 0 Å². The second-order valence-corrected chi connectivity index (χ2v) is 5.82. The molecule has 23 heavy (non-hydrogen) atoms. The van der Waals surface area contributed by atoms with Gasteiger partial charge in [-0.1, -0.05) is 67.1 Å². The number of hydrogen-bond acceptors (Lipinski definition) is 1. The Morgan fingerprint density at radius 2 is 1.52 bits per heavy atom. The molecule has 0 aromatic heterocycles. The van der Waals surface area contributed by atoms with Crippen molar-refractivity contribution in [1.29, 1.82) is 0 Å². The maximum Gasteiger partial charge on any atom is 0.130 e. The molecule has 1 nitrogen and oxygen atoms in total. The Morgan fingerprint density at radius 3 is 2.22 bits per heavy atom. The van der Waals surface area contributed by atoms with Crippen LogP contribution in [0, 0.1) is 6.92 Å². The maximum atomic E-state index is 6.13. The first-order valence-corrected chi connectivity index (χ1v) is 8.15. The van der Waals surface area contributed by atoms with Gasteiger partial charge in [-0.05, 0) is 54.7 Å². The first kappa shape index (κ1) is 15.4. The highest BCUT2D eigenvalue weighted by Gasteiger charge is 2.09. The topological polar surface area (TPSA) is 9.23 Å². The van der Waals surface area contributed by atoms with Gasteiger partial charge in [0.1, 0.15) is 11.5 Å². The van der Waals surface area contributed by atoms with E-state index in [2.05, 4.69) is 74.5 Å². The molecule has 0 unspecified atom stereocenters. The molecule has 3 rings (SSSR count). The van der Waals surface area contributed by atoms with Gasteiger partial charge in [-0.3, -0.25) is 0 Å². The minimum absolute atomic E-state index is 0.891. The van der Waals surface area contributed by atoms with Crippen LogP contribution in [-0.4, -0.2) is 0 Å². The van der Waals surface area contributed by atoms with Crippen molar-refractivity contribution in [1.82, 2.24) is 0 Å². The molecule has 0 amide bonds. The van der Waals surface area contributed by atoms with Crippen molar-refractivity contribution in [2.24, 2.45) is 0 Å². The van der Waals surface area contributed by atoms with Gasteiger partial charge >= 0.3 is 0 Å². The van der Waals surface area contributed by atoms with E-state index in [0.29, 0.717) is 0 Å². The molecule has 1 heteroatoms. The van der Waals surface area contributed by atoms with Gasteiger partial charge in [0.05, 0.1) is 0 Å². The molecule has 0 saturated heterocycles. The summed E-state index contributed by atoms with van der Waals surface area (Å²) in [7, 11) is 0. The van der Waals surface area contributed by atoms with Gasteiger partial charge in [0.2, 0.25) is 0 Å². The third-order valence-electron chi connectivity index (χ3n) is 4.07. The van der Waals surface area contributed by atoms with Crippen molar-refractivity contribution in [3.63, 3.8) is 0 Å². The molecule has 0 spiro atoms. The van der Waals surface area contributed by atoms with E-state index in [-0.39, 0.29) is 0 Å². The molecule has 0 saturated carbocycles. The van der Waals surface area contributed by atoms with Crippen molar-refractivity contribution in [3.8, 4) is 11.5 Å². The summed E-state index contributed by atoms with van der Waals surface area (Å²) in [5.74, 6) is 1.85. The van der Waals surface area contributed by atoms with Crippen LogP contribution in [0.1, 0.15) is 29.2 Å². The SMILES string of the molecule is CCc1c(Cc2ccccc2)cccc1Oc1ccc(C)cc1. The van der Waals surface area contributed by atoms with Crippen LogP contribution in [0.15, 0.2) is 72.8 Å². The molecule has 3 aromatic carbocycles. The zero-order chi connectivity index (χ0) is 16.1. The van der Waals surface area contributed by atoms with Crippen LogP contribution in [0.25, 0.3) is 0 Å². The summed E-state index contributed by atoms with van der Waals surface area (Å²) < 4.78 is 6.13. The average molecular weight is 302 g/mol. The van der Waals surface area contributed by atoms with E-state index >= 15 is 0 Å². The van der Waals surface area contributed by atoms with Crippen LogP contribution in [0.5, 0.6) is 11.5 Å². The summed E-state index contributed by atoms with van der Waals surface area (Å²) in [6.07, 6.45) is 1.90. The Labute approximate surface area is 138 Å². The molecular weight excluding hydrogens is 280 g/mol. The number of benzene rings is 3. The van der Waals surface area contributed by atoms with Crippen molar-refractivity contribution in [2.45, 2.75) is 26.7 Å². The molecule has 0 aliphatic heterocycles. The number of rotatable bonds is 5. The zero-order valence-corrected chi connectivity index (χ0v) is 13.8. The predicted molar refractivity (Wildman–Crippen MR) is 96.3 cm³/mol. The lowest BCUT2D eigenvalue weighted by atomic mass is 9.97. The summed E-state index contributed by atoms with van der Waals surface area (Å²) in [5.41, 5.74) is 5.20. The highest BCUT2D eigenvalue weighted by molar-refractivity contribution is 5.45. The number of hydrogen-bond donors (Lipinski definition) is 0. The maximum absolute atomic E-state index is 6.13. The Hall–Kier alpha value is -2.54. The van der Waals surface area contributed by atoms with E-state index in [1.807, 2.05) is 12.1 Å². The Kier molecular flexibility index (Phi) is 4.77. The van der Waals surface area contributed by atoms with E-state index in [4.69, 9.17) is 4.74 Å². The minimum Gasteiger partial charge on any atom is -0.457 e. The van der Waals surface area contributed by atoms with E-state index < -0.39 is 0 Å². The third-order valence-corrected chi connectivity index (χ3v) is 4.07. The highest BCUT2D eigenvalue weighted by Crippen LogP contribution is 2.29. The molecule has 0 N–H and O–H groups in total. The molecule has 0 atom stereocenters. The summed E-state index contributed by atoms with van der Waals surface area (Å²) in [6.45, 7) is 4.27. The van der Waals surface area contributed by atoms with E-state index in [1.165, 1.54) is 22.3 Å². The Morgan fingerprint density at radius 1 is 0.783 bits per heavy atom. The van der Waals surface area contributed by atoms with E-state index in [1.54, 1.807) is 0 Å². The monoisotopic (exact) mass is 302 g/mol. The van der Waals surface area contributed by atoms with Crippen molar-refractivity contribution < 1.29 is 4.74 Å². The minimum atomic E-state index is 0.891. The van der Waals surface area contributed by atoms with E-state index in [0.717, 1.165) is 24.3 Å². The lowest BCUT2D eigenvalue weighted by Gasteiger charge is -2.15. The summed E-state index contributed by atoms with van der Waals surface area (Å²) in [6, 6.07) is 25.1. The molecule has 3 aromatic rings. The Balaban J connectivity index is 1.89. The van der Waals surface area contributed by atoms with Crippen LogP contribution in [0.4, 0.5) is 0 Å². The molecule has 0 heterocycles. The van der Waals surface area contributed by atoms with Gasteiger partial charge in [0, 0.05) is 0 Å². The van der Waals surface area contributed by atoms with Crippen LogP contribution in [-0.2, 0) is 12.8 Å². The van der Waals surface area contributed by atoms with Gasteiger partial charge in [-0.2, -0.15) is 0 Å². The normalized spacial score (nSPS) is 10.5. The first-order valence-electron chi connectivity index (χ1n) is 8.15. The number of ether oxygens (including phenoxy) is 1. The summed E-state index contributed by atoms with van der Waals surface area (Å²) in [4.78, 5) is 0. The Bertz CT molecular complexity index is 758. The fourth-order valence-corrected chi connectivity index (χ4v) is 2.82. The molecular formula is C22H22O. The van der Waals surface area contributed by atoms with Crippen LogP contribution >= 0.6 is 0 Å². The van der Waals surface area contributed by atoms with Gasteiger partial charge in [-0.25, -0.2) is 0 Å². The second-order valence-electron chi connectivity index (χ2n) is 5.82. The quantitative estimate of drug-likeness (QED) is 0.566. The number of aryl methyl sites for hydroxylation is 1. The summed E-state index contributed by atoms with van der Waals surface area (Å²) >= 11 is 0. The zero-order valence-electron chi connectivity index (χ0n) is 13.8. The molecule has 0 bridgehead atoms. The van der Waals surface area contributed by atoms with Crippen molar-refractivity contribution >= 4 is 0 Å². The molecule has 0 radical (unpaired) electrons. The lowest BCUT2D eigenvalue weighted by molar-refractivity contribution is 0.476. The molecule has 116 valence electrons. The lowest BCUT2D eigenvalue weighted by Crippen LogP contribution is -1.98. The van der Waals surface area contributed by atoms with Crippen molar-refractivity contribution in [3.05, 3.63) is 95.1 Å². The van der Waals surface area contributed by atoms with Gasteiger partial charge in [-0.15, -0.1) is 0 Å². The first-order chi connectivity index (χ1) is 11.3. The largest absolute Gasteiger partial charge is 0.457 e. The molecule has 0 fully saturated rings. The van der Waals surface area contributed by atoms with Gasteiger partial charge in [0.25, 0.3) is 0 Å². The van der Waals surface area contributed by atoms with E-state index in [9.17, 15) is 0 Å². The van der Waals surface area contributed by atoms with Gasteiger partial charge < -0.3 is 4.74 Å². The average Bonchev–Trinajstić information content (AvgIpc) is 2.58. The smallest absolute Gasteiger partial charge is 0.130 e. The fourth-order valence-electron chi connectivity index (χ4n) is 2.82. The molecule has 0 aliphatic rings. The summed E-state index contributed by atoms with van der Waals surface area (Å²) in [5, 5.41) is 0. The predicted octanol–water partition coefficient (Wildman–Crippen LogP) is 5.94. The fraction of sp³-hybridized carbons (Fsp3) is 0.182. The standard InChI is InChI=1S/C22H22O/c1-3-21-19(16-18-8-5-4-6-9-18)10-7-11-22(21)23-20-14-12-17(2)13-15-20/h4-15H,3,16H2,1-2H3. The van der Waals surface area contributed by atoms with Crippen LogP contribution < -0.4 is 4.74 Å². The third kappa shape index (κ3) is 3.81. The van der Waals surface area contributed by atoms with Crippen LogP contribution in [0.2, 0.25) is 0 Å². The van der Waals surface area contributed by atoms with Crippen molar-refractivity contribution in [2.75, 3.05) is 0 Å². The van der Waals surface area contributed by atoms with Crippen LogP contribution in [0.3, 0.4) is 0 Å². The molecule has 0 aliphatic carbocycles. The highest BCUT2D eigenvalue weighted by atomic mass is 16.5. The second kappa shape index (κ2) is 7.15.